The van der Waals surface area contributed by atoms with Crippen LogP contribution >= 0.6 is 0 Å². The number of rotatable bonds is 2. The second kappa shape index (κ2) is 3.68. The van der Waals surface area contributed by atoms with E-state index in [-0.39, 0.29) is 6.29 Å². The third kappa shape index (κ3) is 1.09. The molecule has 0 radical (unpaired) electrons. The van der Waals surface area contributed by atoms with Gasteiger partial charge in [0.1, 0.15) is 0 Å². The van der Waals surface area contributed by atoms with Crippen molar-refractivity contribution in [2.75, 3.05) is 13.2 Å². The topological polar surface area (TPSA) is 38.7 Å². The molecule has 3 nitrogen and oxygen atoms in total. The average Bonchev–Trinajstić information content (AvgIpc) is 3.25. The predicted molar refractivity (Wildman–Crippen MR) is 82.1 cm³/mol. The fourth-order valence-electron chi connectivity index (χ4n) is 8.71. The highest BCUT2D eigenvalue weighted by Gasteiger charge is 2.88. The van der Waals surface area contributed by atoms with Crippen LogP contribution in [0.4, 0.5) is 0 Å². The van der Waals surface area contributed by atoms with E-state index in [0.29, 0.717) is 29.6 Å². The summed E-state index contributed by atoms with van der Waals surface area (Å²) >= 11 is 0. The molecule has 2 bridgehead atoms. The molecule has 5 aliphatic carbocycles. The lowest BCUT2D eigenvalue weighted by Crippen LogP contribution is -2.57. The summed E-state index contributed by atoms with van der Waals surface area (Å²) in [6, 6.07) is 10.5. The van der Waals surface area contributed by atoms with E-state index in [1.54, 1.807) is 0 Å². The Morgan fingerprint density at radius 2 is 1.57 bits per heavy atom. The molecule has 1 heterocycles. The number of ether oxygens (including phenoxy) is 2. The van der Waals surface area contributed by atoms with Crippen molar-refractivity contribution in [2.45, 2.75) is 18.3 Å². The van der Waals surface area contributed by atoms with Crippen LogP contribution in [-0.2, 0) is 15.1 Å². The summed E-state index contributed by atoms with van der Waals surface area (Å²) in [5.41, 5.74) is 0.591. The number of hydrogen-bond acceptors (Lipinski definition) is 3. The van der Waals surface area contributed by atoms with Gasteiger partial charge in [-0.05, 0) is 59.3 Å². The van der Waals surface area contributed by atoms with Gasteiger partial charge in [-0.15, -0.1) is 0 Å². The maximum Gasteiger partial charge on any atom is 0.161 e. The van der Waals surface area contributed by atoms with E-state index >= 15 is 0 Å². The Labute approximate surface area is 136 Å². The Hall–Kier alpha value is -0.900. The molecule has 1 N–H and O–H groups in total. The predicted octanol–water partition coefficient (Wildman–Crippen LogP) is 2.25. The van der Waals surface area contributed by atoms with Gasteiger partial charge in [0.2, 0.25) is 0 Å². The van der Waals surface area contributed by atoms with Crippen LogP contribution in [0.1, 0.15) is 12.0 Å². The minimum Gasteiger partial charge on any atom is -0.385 e. The van der Waals surface area contributed by atoms with Crippen molar-refractivity contribution >= 4 is 0 Å². The van der Waals surface area contributed by atoms with Crippen molar-refractivity contribution in [3.63, 3.8) is 0 Å². The first-order valence-corrected chi connectivity index (χ1v) is 9.33. The van der Waals surface area contributed by atoms with E-state index in [9.17, 15) is 5.11 Å². The van der Waals surface area contributed by atoms with E-state index in [4.69, 9.17) is 9.47 Å². The van der Waals surface area contributed by atoms with Gasteiger partial charge < -0.3 is 14.6 Å². The lowest BCUT2D eigenvalue weighted by atomic mass is 9.52. The third-order valence-electron chi connectivity index (χ3n) is 8.72. The molecule has 5 saturated carbocycles. The highest BCUT2D eigenvalue weighted by atomic mass is 16.7. The lowest BCUT2D eigenvalue weighted by Gasteiger charge is -2.55. The molecule has 0 aromatic heterocycles. The Morgan fingerprint density at radius 1 is 0.826 bits per heavy atom. The van der Waals surface area contributed by atoms with Crippen LogP contribution in [0.5, 0.6) is 0 Å². The van der Waals surface area contributed by atoms with Crippen molar-refractivity contribution in [1.82, 2.24) is 0 Å². The summed E-state index contributed by atoms with van der Waals surface area (Å²) in [6.45, 7) is 1.50. The van der Waals surface area contributed by atoms with Gasteiger partial charge in [-0.1, -0.05) is 30.3 Å². The molecule has 10 atom stereocenters. The van der Waals surface area contributed by atoms with Crippen LogP contribution in [0.2, 0.25) is 0 Å². The molecule has 6 aliphatic rings. The van der Waals surface area contributed by atoms with Crippen molar-refractivity contribution in [2.24, 2.45) is 53.3 Å². The molecule has 1 saturated heterocycles. The van der Waals surface area contributed by atoms with Crippen LogP contribution in [0.15, 0.2) is 30.3 Å². The number of benzene rings is 1. The molecule has 0 spiro atoms. The molecule has 6 fully saturated rings. The zero-order valence-corrected chi connectivity index (χ0v) is 13.0. The Kier molecular flexibility index (Phi) is 2.00. The maximum absolute atomic E-state index is 11.9. The molecular formula is C20H22O3. The van der Waals surface area contributed by atoms with Gasteiger partial charge in [-0.25, -0.2) is 0 Å². The largest absolute Gasteiger partial charge is 0.385 e. The molecule has 1 aromatic rings. The van der Waals surface area contributed by atoms with Gasteiger partial charge in [0.05, 0.1) is 18.8 Å². The minimum atomic E-state index is -0.581. The standard InChI is InChI=1S/C20H22O3/c21-20(9-4-2-1-3-5-9)17-11-8-10-12-14(11)18(20)15(12)16(13(10)17)19-22-6-7-23-19/h1-5,10-19,21H,6-8H2/t10-,11-,12+,13-,14+,15-,16+,17+,18+,20+/m0/s1. The highest BCUT2D eigenvalue weighted by molar-refractivity contribution is 5.40. The number of fused-ring (bicyclic) bond motifs is 2. The maximum atomic E-state index is 11.9. The number of aliphatic hydroxyl groups is 1. The Morgan fingerprint density at radius 3 is 2.35 bits per heavy atom. The van der Waals surface area contributed by atoms with E-state index in [2.05, 4.69) is 30.3 Å². The first-order valence-electron chi connectivity index (χ1n) is 9.33. The van der Waals surface area contributed by atoms with Crippen molar-refractivity contribution in [3.8, 4) is 0 Å². The monoisotopic (exact) mass is 310 g/mol. The molecule has 0 unspecified atom stereocenters. The van der Waals surface area contributed by atoms with Gasteiger partial charge in [0.25, 0.3) is 0 Å². The molecule has 120 valence electrons. The van der Waals surface area contributed by atoms with Gasteiger partial charge in [-0.2, -0.15) is 0 Å². The normalized spacial score (nSPS) is 60.8. The summed E-state index contributed by atoms with van der Waals surface area (Å²) in [5.74, 6) is 5.94. The number of hydrogen-bond donors (Lipinski definition) is 1. The average molecular weight is 310 g/mol. The molecule has 0 amide bonds. The summed E-state index contributed by atoms with van der Waals surface area (Å²) in [7, 11) is 0. The van der Waals surface area contributed by atoms with E-state index in [1.165, 1.54) is 12.0 Å². The Balaban J connectivity index is 1.39. The van der Waals surface area contributed by atoms with E-state index in [1.807, 2.05) is 0 Å². The summed E-state index contributed by atoms with van der Waals surface area (Å²) in [4.78, 5) is 0. The van der Waals surface area contributed by atoms with Crippen molar-refractivity contribution in [1.29, 1.82) is 0 Å². The fourth-order valence-corrected chi connectivity index (χ4v) is 8.71. The van der Waals surface area contributed by atoms with Gasteiger partial charge in [0, 0.05) is 5.92 Å². The van der Waals surface area contributed by atoms with Crippen LogP contribution in [0.25, 0.3) is 0 Å². The van der Waals surface area contributed by atoms with Crippen LogP contribution in [0.3, 0.4) is 0 Å². The van der Waals surface area contributed by atoms with Crippen molar-refractivity contribution < 1.29 is 14.6 Å². The lowest BCUT2D eigenvalue weighted by molar-refractivity contribution is -0.206. The second-order valence-electron chi connectivity index (χ2n) is 8.80. The smallest absolute Gasteiger partial charge is 0.161 e. The van der Waals surface area contributed by atoms with Crippen LogP contribution < -0.4 is 0 Å². The summed E-state index contributed by atoms with van der Waals surface area (Å²) in [5, 5.41) is 11.9. The van der Waals surface area contributed by atoms with Crippen molar-refractivity contribution in [3.05, 3.63) is 35.9 Å². The van der Waals surface area contributed by atoms with Gasteiger partial charge >= 0.3 is 0 Å². The molecule has 23 heavy (non-hydrogen) atoms. The zero-order valence-electron chi connectivity index (χ0n) is 13.0. The van der Waals surface area contributed by atoms with Crippen LogP contribution in [-0.4, -0.2) is 24.6 Å². The van der Waals surface area contributed by atoms with E-state index < -0.39 is 5.60 Å². The first-order chi connectivity index (χ1) is 11.3. The highest BCUT2D eigenvalue weighted by Crippen LogP contribution is 2.88. The summed E-state index contributed by atoms with van der Waals surface area (Å²) < 4.78 is 11.9. The zero-order chi connectivity index (χ0) is 14.9. The SMILES string of the molecule is O[C@@]1(c2ccccc2)[C@@H]2[C@@H]3[C@@H]4C[C@H]5[C@H]3[C@H]2[C@H](C2OCCO2)[C@H]5[C@@H]41. The first kappa shape index (κ1) is 12.5. The van der Waals surface area contributed by atoms with Gasteiger partial charge in [0.15, 0.2) is 6.29 Å². The molecule has 1 aliphatic heterocycles. The Bertz CT molecular complexity index is 683. The molecule has 1 aromatic carbocycles. The molecule has 7 rings (SSSR count). The molecule has 3 heteroatoms. The minimum absolute atomic E-state index is 0.0145. The quantitative estimate of drug-likeness (QED) is 0.910. The summed E-state index contributed by atoms with van der Waals surface area (Å²) in [6.07, 6.45) is 1.37. The van der Waals surface area contributed by atoms with Crippen LogP contribution in [0, 0.1) is 53.3 Å². The third-order valence-corrected chi connectivity index (χ3v) is 8.72. The molecular weight excluding hydrogens is 288 g/mol. The van der Waals surface area contributed by atoms with Gasteiger partial charge in [-0.3, -0.25) is 0 Å². The second-order valence-corrected chi connectivity index (χ2v) is 8.80. The van der Waals surface area contributed by atoms with E-state index in [0.717, 1.165) is 36.9 Å². The fraction of sp³-hybridized carbons (Fsp3) is 0.700.